The first-order valence-electron chi connectivity index (χ1n) is 6.44. The Hall–Kier alpha value is -1.84. The summed E-state index contributed by atoms with van der Waals surface area (Å²) in [6, 6.07) is 1.74. The number of methoxy groups -OCH3 is 1. The fourth-order valence-electron chi connectivity index (χ4n) is 2.15. The maximum Gasteiger partial charge on any atom is 0.258 e. The van der Waals surface area contributed by atoms with Gasteiger partial charge in [-0.05, 0) is 44.9 Å². The van der Waals surface area contributed by atoms with E-state index < -0.39 is 0 Å². The van der Waals surface area contributed by atoms with Crippen LogP contribution in [0.4, 0.5) is 0 Å². The quantitative estimate of drug-likeness (QED) is 0.767. The van der Waals surface area contributed by atoms with Crippen molar-refractivity contribution in [1.82, 2.24) is 4.90 Å². The predicted molar refractivity (Wildman–Crippen MR) is 75.1 cm³/mol. The molecule has 0 aliphatic carbocycles. The topological polar surface area (TPSA) is 46.6 Å². The van der Waals surface area contributed by atoms with E-state index in [0.29, 0.717) is 36.3 Å². The lowest BCUT2D eigenvalue weighted by Gasteiger charge is -2.22. The lowest BCUT2D eigenvalue weighted by molar-refractivity contribution is 0.0766. The summed E-state index contributed by atoms with van der Waals surface area (Å²) in [5.74, 6) is 0.339. The lowest BCUT2D eigenvalue weighted by atomic mass is 9.97. The number of aryl methyl sites for hydroxylation is 1. The second kappa shape index (κ2) is 6.36. The van der Waals surface area contributed by atoms with Gasteiger partial charge in [0, 0.05) is 18.7 Å². The van der Waals surface area contributed by atoms with E-state index in [1.165, 1.54) is 7.11 Å². The van der Waals surface area contributed by atoms with Crippen molar-refractivity contribution in [2.24, 2.45) is 0 Å². The van der Waals surface area contributed by atoms with Gasteiger partial charge in [0.25, 0.3) is 5.91 Å². The van der Waals surface area contributed by atoms with Crippen molar-refractivity contribution >= 4 is 12.2 Å². The number of carbonyl (C=O) groups is 2. The summed E-state index contributed by atoms with van der Waals surface area (Å²) in [6.45, 7) is 8.82. The van der Waals surface area contributed by atoms with E-state index in [2.05, 4.69) is 0 Å². The van der Waals surface area contributed by atoms with E-state index in [0.717, 1.165) is 11.1 Å². The van der Waals surface area contributed by atoms with Crippen molar-refractivity contribution in [3.63, 3.8) is 0 Å². The van der Waals surface area contributed by atoms with Gasteiger partial charge in [0.2, 0.25) is 0 Å². The molecule has 0 heterocycles. The molecule has 0 aliphatic rings. The van der Waals surface area contributed by atoms with Crippen molar-refractivity contribution in [2.45, 2.75) is 27.7 Å². The molecule has 4 heteroatoms. The van der Waals surface area contributed by atoms with Gasteiger partial charge < -0.3 is 9.64 Å². The van der Waals surface area contributed by atoms with Crippen LogP contribution in [0.2, 0.25) is 0 Å². The van der Waals surface area contributed by atoms with Crippen molar-refractivity contribution in [3.8, 4) is 5.75 Å². The van der Waals surface area contributed by atoms with Gasteiger partial charge in [-0.3, -0.25) is 9.59 Å². The molecule has 0 atom stereocenters. The molecule has 0 saturated heterocycles. The molecule has 0 N–H and O–H groups in total. The minimum Gasteiger partial charge on any atom is -0.496 e. The highest BCUT2D eigenvalue weighted by atomic mass is 16.5. The summed E-state index contributed by atoms with van der Waals surface area (Å²) in [7, 11) is 1.52. The summed E-state index contributed by atoms with van der Waals surface area (Å²) in [5.41, 5.74) is 2.58. The number of amides is 1. The Bertz CT molecular complexity index is 491. The largest absolute Gasteiger partial charge is 0.496 e. The standard InChI is InChI=1S/C15H21NO3/c1-6-16(7-2)15(18)13-12(9-17)8-10(3)11(4)14(13)19-5/h8-9H,6-7H2,1-5H3. The van der Waals surface area contributed by atoms with Crippen LogP contribution in [0.5, 0.6) is 5.75 Å². The van der Waals surface area contributed by atoms with Crippen LogP contribution >= 0.6 is 0 Å². The highest BCUT2D eigenvalue weighted by molar-refractivity contribution is 6.04. The smallest absolute Gasteiger partial charge is 0.258 e. The van der Waals surface area contributed by atoms with Crippen LogP contribution in [0, 0.1) is 13.8 Å². The van der Waals surface area contributed by atoms with Gasteiger partial charge in [-0.15, -0.1) is 0 Å². The Labute approximate surface area is 114 Å². The predicted octanol–water partition coefficient (Wildman–Crippen LogP) is 2.61. The van der Waals surface area contributed by atoms with Crippen LogP contribution in [-0.4, -0.2) is 37.3 Å². The zero-order chi connectivity index (χ0) is 14.6. The number of ether oxygens (including phenoxy) is 1. The molecule has 0 saturated carbocycles. The molecule has 0 unspecified atom stereocenters. The van der Waals surface area contributed by atoms with Crippen LogP contribution < -0.4 is 4.74 Å². The van der Waals surface area contributed by atoms with Crippen molar-refractivity contribution < 1.29 is 14.3 Å². The maximum absolute atomic E-state index is 12.5. The molecule has 1 aromatic rings. The normalized spacial score (nSPS) is 10.2. The first-order chi connectivity index (χ1) is 9.01. The summed E-state index contributed by atoms with van der Waals surface area (Å²) < 4.78 is 5.35. The number of carbonyl (C=O) groups excluding carboxylic acids is 2. The van der Waals surface area contributed by atoms with Gasteiger partial charge in [-0.25, -0.2) is 0 Å². The molecule has 1 rings (SSSR count). The molecule has 0 radical (unpaired) electrons. The van der Waals surface area contributed by atoms with Crippen LogP contribution in [0.25, 0.3) is 0 Å². The number of aldehydes is 1. The van der Waals surface area contributed by atoms with Crippen molar-refractivity contribution in [2.75, 3.05) is 20.2 Å². The third kappa shape index (κ3) is 2.78. The Kier molecular flexibility index (Phi) is 5.10. The average molecular weight is 263 g/mol. The van der Waals surface area contributed by atoms with E-state index in [9.17, 15) is 9.59 Å². The average Bonchev–Trinajstić information content (AvgIpc) is 2.42. The molecule has 1 aromatic carbocycles. The molecular weight excluding hydrogens is 242 g/mol. The van der Waals surface area contributed by atoms with E-state index in [-0.39, 0.29) is 5.91 Å². The molecule has 4 nitrogen and oxygen atoms in total. The van der Waals surface area contributed by atoms with Crippen LogP contribution in [0.15, 0.2) is 6.07 Å². The van der Waals surface area contributed by atoms with E-state index >= 15 is 0 Å². The number of benzene rings is 1. The van der Waals surface area contributed by atoms with Gasteiger partial charge in [-0.2, -0.15) is 0 Å². The summed E-state index contributed by atoms with van der Waals surface area (Å²) in [6.07, 6.45) is 0.714. The Morgan fingerprint density at radius 1 is 1.32 bits per heavy atom. The molecule has 0 aliphatic heterocycles. The molecule has 1 amide bonds. The Morgan fingerprint density at radius 3 is 2.32 bits per heavy atom. The van der Waals surface area contributed by atoms with Crippen molar-refractivity contribution in [1.29, 1.82) is 0 Å². The monoisotopic (exact) mass is 263 g/mol. The fourth-order valence-corrected chi connectivity index (χ4v) is 2.15. The molecule has 0 fully saturated rings. The van der Waals surface area contributed by atoms with Crippen molar-refractivity contribution in [3.05, 3.63) is 28.3 Å². The van der Waals surface area contributed by atoms with E-state index in [1.54, 1.807) is 11.0 Å². The summed E-state index contributed by atoms with van der Waals surface area (Å²) >= 11 is 0. The SMILES string of the molecule is CCN(CC)C(=O)c1c(C=O)cc(C)c(C)c1OC. The first-order valence-corrected chi connectivity index (χ1v) is 6.44. The van der Waals surface area contributed by atoms with Gasteiger partial charge in [-0.1, -0.05) is 0 Å². The minimum atomic E-state index is -0.160. The molecule has 0 spiro atoms. The number of hydrogen-bond donors (Lipinski definition) is 0. The van der Waals surface area contributed by atoms with Crippen LogP contribution in [0.3, 0.4) is 0 Å². The fraction of sp³-hybridized carbons (Fsp3) is 0.467. The molecular formula is C15H21NO3. The Balaban J connectivity index is 3.51. The molecule has 0 bridgehead atoms. The number of rotatable bonds is 5. The highest BCUT2D eigenvalue weighted by Crippen LogP contribution is 2.30. The van der Waals surface area contributed by atoms with Gasteiger partial charge in [0.15, 0.2) is 6.29 Å². The van der Waals surface area contributed by atoms with Crippen LogP contribution in [-0.2, 0) is 0 Å². The van der Waals surface area contributed by atoms with Crippen LogP contribution in [0.1, 0.15) is 45.7 Å². The third-order valence-corrected chi connectivity index (χ3v) is 3.42. The maximum atomic E-state index is 12.5. The van der Waals surface area contributed by atoms with Gasteiger partial charge in [0.1, 0.15) is 5.75 Å². The van der Waals surface area contributed by atoms with E-state index in [4.69, 9.17) is 4.74 Å². The summed E-state index contributed by atoms with van der Waals surface area (Å²) in [5, 5.41) is 0. The first kappa shape index (κ1) is 15.2. The summed E-state index contributed by atoms with van der Waals surface area (Å²) in [4.78, 5) is 25.4. The second-order valence-corrected chi connectivity index (χ2v) is 4.41. The molecule has 104 valence electrons. The van der Waals surface area contributed by atoms with Gasteiger partial charge in [0.05, 0.1) is 12.7 Å². The second-order valence-electron chi connectivity index (χ2n) is 4.41. The highest BCUT2D eigenvalue weighted by Gasteiger charge is 2.23. The lowest BCUT2D eigenvalue weighted by Crippen LogP contribution is -2.31. The zero-order valence-corrected chi connectivity index (χ0v) is 12.2. The minimum absolute atomic E-state index is 0.160. The number of nitrogens with zero attached hydrogens (tertiary/aromatic N) is 1. The Morgan fingerprint density at radius 2 is 1.89 bits per heavy atom. The van der Waals surface area contributed by atoms with Gasteiger partial charge >= 0.3 is 0 Å². The zero-order valence-electron chi connectivity index (χ0n) is 12.2. The molecule has 19 heavy (non-hydrogen) atoms. The number of hydrogen-bond acceptors (Lipinski definition) is 3. The molecule has 0 aromatic heterocycles. The third-order valence-electron chi connectivity index (χ3n) is 3.42. The van der Waals surface area contributed by atoms with E-state index in [1.807, 2.05) is 27.7 Å².